The Morgan fingerprint density at radius 1 is 1.28 bits per heavy atom. The summed E-state index contributed by atoms with van der Waals surface area (Å²) in [5.41, 5.74) is 0.725. The summed E-state index contributed by atoms with van der Waals surface area (Å²) in [6, 6.07) is 6.68. The average Bonchev–Trinajstić information content (AvgIpc) is 3.48. The Balaban J connectivity index is 1.35. The molecule has 1 amide bonds. The van der Waals surface area contributed by atoms with E-state index in [9.17, 15) is 9.59 Å². The molecule has 0 bridgehead atoms. The quantitative estimate of drug-likeness (QED) is 0.618. The molecule has 1 saturated heterocycles. The number of ether oxygens (including phenoxy) is 1. The van der Waals surface area contributed by atoms with E-state index < -0.39 is 5.97 Å². The van der Waals surface area contributed by atoms with E-state index in [0.29, 0.717) is 29.9 Å². The van der Waals surface area contributed by atoms with Crippen molar-refractivity contribution >= 4 is 40.3 Å². The Kier molecular flexibility index (Phi) is 6.62. The van der Waals surface area contributed by atoms with Gasteiger partial charge in [-0.1, -0.05) is 36.0 Å². The van der Waals surface area contributed by atoms with Crippen LogP contribution in [0.5, 0.6) is 5.75 Å². The number of hydrogen-bond acceptors (Lipinski definition) is 5. The molecule has 1 saturated carbocycles. The van der Waals surface area contributed by atoms with Crippen molar-refractivity contribution in [2.75, 3.05) is 13.1 Å². The van der Waals surface area contributed by atoms with Crippen LogP contribution in [0.25, 0.3) is 4.91 Å². The second-order valence-corrected chi connectivity index (χ2v) is 9.43. The maximum Gasteiger partial charge on any atom is 0.356 e. The van der Waals surface area contributed by atoms with Gasteiger partial charge in [0.05, 0.1) is 6.10 Å². The van der Waals surface area contributed by atoms with Gasteiger partial charge >= 0.3 is 12.0 Å². The second-order valence-electron chi connectivity index (χ2n) is 8.02. The molecule has 1 aliphatic heterocycles. The predicted molar refractivity (Wildman–Crippen MR) is 125 cm³/mol. The largest absolute Gasteiger partial charge is 0.490 e. The van der Waals surface area contributed by atoms with E-state index >= 15 is 0 Å². The number of hydrogen-bond donors (Lipinski definition) is 1. The highest BCUT2D eigenvalue weighted by molar-refractivity contribution is 8.10. The van der Waals surface area contributed by atoms with Gasteiger partial charge < -0.3 is 14.7 Å². The molecule has 9 heteroatoms. The molecule has 1 aliphatic carbocycles. The Bertz CT molecular complexity index is 1070. The minimum atomic E-state index is -1.15. The third kappa shape index (κ3) is 4.71. The van der Waals surface area contributed by atoms with Crippen molar-refractivity contribution < 1.29 is 19.4 Å². The summed E-state index contributed by atoms with van der Waals surface area (Å²) in [5, 5.41) is 15.4. The molecule has 4 rings (SSSR count). The van der Waals surface area contributed by atoms with Gasteiger partial charge in [0.2, 0.25) is 0 Å². The van der Waals surface area contributed by atoms with Crippen LogP contribution in [0.1, 0.15) is 35.8 Å². The van der Waals surface area contributed by atoms with Crippen LogP contribution in [0, 0.1) is 11.8 Å². The first-order valence-electron chi connectivity index (χ1n) is 10.4. The zero-order chi connectivity index (χ0) is 22.8. The van der Waals surface area contributed by atoms with E-state index in [1.807, 2.05) is 36.6 Å². The molecule has 0 spiro atoms. The first kappa shape index (κ1) is 22.5. The Labute approximate surface area is 195 Å². The van der Waals surface area contributed by atoms with Crippen LogP contribution in [-0.2, 0) is 0 Å². The molecule has 1 N–H and O–H groups in total. The number of carboxylic acid groups (broad SMARTS) is 1. The van der Waals surface area contributed by atoms with Crippen molar-refractivity contribution in [3.8, 4) is 5.75 Å². The third-order valence-corrected chi connectivity index (χ3v) is 7.11. The highest BCUT2D eigenvalue weighted by Gasteiger charge is 2.43. The van der Waals surface area contributed by atoms with Crippen molar-refractivity contribution in [3.63, 3.8) is 0 Å². The topological polar surface area (TPSA) is 84.7 Å². The van der Waals surface area contributed by atoms with Gasteiger partial charge in [-0.3, -0.25) is 0 Å². The first-order valence-corrected chi connectivity index (χ1v) is 11.6. The number of allylic oxidation sites excluding steroid dienone is 1. The Morgan fingerprint density at radius 2 is 2.00 bits per heavy atom. The lowest BCUT2D eigenvalue weighted by Gasteiger charge is -2.20. The molecule has 2 atom stereocenters. The first-order chi connectivity index (χ1) is 15.4. The van der Waals surface area contributed by atoms with Crippen molar-refractivity contribution in [2.24, 2.45) is 11.8 Å². The molecule has 2 aromatic rings. The summed E-state index contributed by atoms with van der Waals surface area (Å²) in [5.74, 6) is 0.322. The summed E-state index contributed by atoms with van der Waals surface area (Å²) >= 11 is 7.87. The highest BCUT2D eigenvalue weighted by Crippen LogP contribution is 2.41. The summed E-state index contributed by atoms with van der Waals surface area (Å²) in [4.78, 5) is 26.3. The van der Waals surface area contributed by atoms with E-state index in [-0.39, 0.29) is 17.8 Å². The summed E-state index contributed by atoms with van der Waals surface area (Å²) < 4.78 is 7.36. The van der Waals surface area contributed by atoms with E-state index in [1.54, 1.807) is 4.90 Å². The maximum absolute atomic E-state index is 12.7. The Hall–Kier alpha value is -2.71. The van der Waals surface area contributed by atoms with Crippen LogP contribution in [0.4, 0.5) is 4.79 Å². The lowest BCUT2D eigenvalue weighted by molar-refractivity contribution is 0.0690. The number of halogens is 1. The van der Waals surface area contributed by atoms with Crippen molar-refractivity contribution in [1.29, 1.82) is 0 Å². The fourth-order valence-electron chi connectivity index (χ4n) is 4.38. The number of thioether (sulfide) groups is 1. The van der Waals surface area contributed by atoms with E-state index in [4.69, 9.17) is 21.4 Å². The number of fused-ring (bicyclic) bond motifs is 1. The zero-order valence-corrected chi connectivity index (χ0v) is 19.2. The van der Waals surface area contributed by atoms with Gasteiger partial charge in [-0.2, -0.15) is 9.78 Å². The van der Waals surface area contributed by atoms with Crippen molar-refractivity contribution in [3.05, 3.63) is 64.8 Å². The fourth-order valence-corrected chi connectivity index (χ4v) is 5.27. The molecular weight excluding hydrogens is 450 g/mol. The molecule has 1 aromatic carbocycles. The molecule has 2 aliphatic rings. The number of likely N-dealkylation sites (tertiary alicyclic amines) is 1. The molecule has 168 valence electrons. The SMILES string of the molecule is C=C(S/C=C\C)c1cc(OC2CC3CN(C(=O)n4ccc(C(=O)O)n4)CC3C2)ccc1Cl. The van der Waals surface area contributed by atoms with Gasteiger partial charge in [-0.05, 0) is 61.3 Å². The van der Waals surface area contributed by atoms with Crippen LogP contribution in [-0.4, -0.2) is 51.0 Å². The highest BCUT2D eigenvalue weighted by atomic mass is 35.5. The number of carbonyl (C=O) groups is 2. The molecule has 0 radical (unpaired) electrons. The number of amides is 1. The van der Waals surface area contributed by atoms with Crippen LogP contribution in [0.3, 0.4) is 0 Å². The molecule has 32 heavy (non-hydrogen) atoms. The standard InChI is InChI=1S/C23H24ClN3O4S/c1-3-8-32-14(2)19-11-17(4-5-20(19)24)31-18-9-15-12-26(13-16(15)10-18)23(30)27-7-6-21(25-27)22(28)29/h3-8,11,15-16,18H,2,9-10,12-13H2,1H3,(H,28,29)/b8-3-. The van der Waals surface area contributed by atoms with Crippen molar-refractivity contribution in [1.82, 2.24) is 14.7 Å². The number of carboxylic acids is 1. The normalized spacial score (nSPS) is 22.3. The van der Waals surface area contributed by atoms with Gasteiger partial charge in [-0.25, -0.2) is 9.59 Å². The molecule has 2 heterocycles. The lowest BCUT2D eigenvalue weighted by atomic mass is 10.0. The summed E-state index contributed by atoms with van der Waals surface area (Å²) in [7, 11) is 0. The smallest absolute Gasteiger partial charge is 0.356 e. The van der Waals surface area contributed by atoms with Gasteiger partial charge in [-0.15, -0.1) is 0 Å². The van der Waals surface area contributed by atoms with Gasteiger partial charge in [0.15, 0.2) is 5.69 Å². The molecular formula is C23H24ClN3O4S. The van der Waals surface area contributed by atoms with E-state index in [2.05, 4.69) is 11.7 Å². The molecule has 1 aromatic heterocycles. The summed E-state index contributed by atoms with van der Waals surface area (Å²) in [6.07, 6.45) is 5.15. The molecule has 7 nitrogen and oxygen atoms in total. The number of carbonyl (C=O) groups excluding carboxylic acids is 1. The van der Waals surface area contributed by atoms with Crippen LogP contribution in [0.2, 0.25) is 5.02 Å². The average molecular weight is 474 g/mol. The monoisotopic (exact) mass is 473 g/mol. The number of aromatic nitrogens is 2. The lowest BCUT2D eigenvalue weighted by Crippen LogP contribution is -2.34. The number of rotatable bonds is 6. The Morgan fingerprint density at radius 3 is 2.62 bits per heavy atom. The van der Waals surface area contributed by atoms with Gasteiger partial charge in [0.25, 0.3) is 0 Å². The molecule has 2 fully saturated rings. The zero-order valence-electron chi connectivity index (χ0n) is 17.6. The second kappa shape index (κ2) is 9.42. The van der Waals surface area contributed by atoms with E-state index in [1.165, 1.54) is 24.0 Å². The number of benzene rings is 1. The third-order valence-electron chi connectivity index (χ3n) is 5.87. The predicted octanol–water partition coefficient (Wildman–Crippen LogP) is 5.23. The summed E-state index contributed by atoms with van der Waals surface area (Å²) in [6.45, 7) is 7.29. The van der Waals surface area contributed by atoms with E-state index in [0.717, 1.165) is 33.7 Å². The molecule has 2 unspecified atom stereocenters. The van der Waals surface area contributed by atoms with Crippen LogP contribution < -0.4 is 4.74 Å². The minimum absolute atomic E-state index is 0.0797. The number of aromatic carboxylic acids is 1. The minimum Gasteiger partial charge on any atom is -0.490 e. The van der Waals surface area contributed by atoms with Gasteiger partial charge in [0.1, 0.15) is 5.75 Å². The van der Waals surface area contributed by atoms with Crippen molar-refractivity contribution in [2.45, 2.75) is 25.9 Å². The van der Waals surface area contributed by atoms with Crippen LogP contribution >= 0.6 is 23.4 Å². The maximum atomic E-state index is 12.7. The number of nitrogens with zero attached hydrogens (tertiary/aromatic N) is 3. The fraction of sp³-hybridized carbons (Fsp3) is 0.348. The van der Waals surface area contributed by atoms with Gasteiger partial charge in [0, 0.05) is 34.8 Å². The van der Waals surface area contributed by atoms with Crippen LogP contribution in [0.15, 0.2) is 48.5 Å².